The Bertz CT molecular complexity index is 722. The maximum atomic E-state index is 10.7. The van der Waals surface area contributed by atoms with Crippen LogP contribution in [0.5, 0.6) is 5.75 Å². The first-order chi connectivity index (χ1) is 14.2. The van der Waals surface area contributed by atoms with Gasteiger partial charge in [0.15, 0.2) is 6.29 Å². The van der Waals surface area contributed by atoms with Crippen LogP contribution in [-0.2, 0) is 32.2 Å². The topological polar surface area (TPSA) is 86.6 Å². The van der Waals surface area contributed by atoms with Gasteiger partial charge in [0.25, 0.3) is 0 Å². The Labute approximate surface area is 170 Å². The Hall–Kier alpha value is -2.00. The minimum atomic E-state index is -1.06. The summed E-state index contributed by atoms with van der Waals surface area (Å²) in [4.78, 5) is 0. The number of aliphatic hydroxyl groups is 2. The van der Waals surface area contributed by atoms with Crippen molar-refractivity contribution in [1.82, 2.24) is 0 Å². The molecule has 158 valence electrons. The highest BCUT2D eigenvalue weighted by molar-refractivity contribution is 5.26. The van der Waals surface area contributed by atoms with E-state index >= 15 is 0 Å². The first-order valence-electron chi connectivity index (χ1n) is 9.53. The molecule has 29 heavy (non-hydrogen) atoms. The number of hydrogen-bond donors (Lipinski definition) is 2. The van der Waals surface area contributed by atoms with Gasteiger partial charge in [0.05, 0.1) is 26.9 Å². The van der Waals surface area contributed by atoms with Gasteiger partial charge in [-0.15, -0.1) is 0 Å². The Morgan fingerprint density at radius 1 is 0.862 bits per heavy atom. The molecule has 0 amide bonds. The van der Waals surface area contributed by atoms with Gasteiger partial charge in [-0.1, -0.05) is 42.5 Å². The number of rotatable bonds is 9. The molecule has 0 saturated carbocycles. The van der Waals surface area contributed by atoms with Crippen LogP contribution >= 0.6 is 0 Å². The summed E-state index contributed by atoms with van der Waals surface area (Å²) in [7, 11) is 3.11. The molecule has 1 saturated heterocycles. The molecule has 0 bridgehead atoms. The molecule has 0 aliphatic carbocycles. The summed E-state index contributed by atoms with van der Waals surface area (Å²) in [6.07, 6.45) is -4.07. The third kappa shape index (κ3) is 5.54. The lowest BCUT2D eigenvalue weighted by molar-refractivity contribution is -0.314. The van der Waals surface area contributed by atoms with Crippen molar-refractivity contribution in [2.45, 2.75) is 43.9 Å². The van der Waals surface area contributed by atoms with Gasteiger partial charge in [-0.25, -0.2) is 0 Å². The van der Waals surface area contributed by atoms with Crippen molar-refractivity contribution in [3.8, 4) is 5.75 Å². The van der Waals surface area contributed by atoms with Crippen LogP contribution in [0.1, 0.15) is 11.1 Å². The van der Waals surface area contributed by atoms with Crippen molar-refractivity contribution in [3.05, 3.63) is 65.7 Å². The fraction of sp³-hybridized carbons (Fsp3) is 0.455. The zero-order chi connectivity index (χ0) is 20.6. The van der Waals surface area contributed by atoms with Gasteiger partial charge in [0.2, 0.25) is 0 Å². The van der Waals surface area contributed by atoms with Crippen molar-refractivity contribution in [1.29, 1.82) is 0 Å². The quantitative estimate of drug-likeness (QED) is 0.660. The van der Waals surface area contributed by atoms with Crippen LogP contribution in [0.3, 0.4) is 0 Å². The smallest absolute Gasteiger partial charge is 0.186 e. The molecule has 2 N–H and O–H groups in total. The number of ether oxygens (including phenoxy) is 5. The van der Waals surface area contributed by atoms with Gasteiger partial charge in [-0.2, -0.15) is 0 Å². The van der Waals surface area contributed by atoms with E-state index in [4.69, 9.17) is 23.7 Å². The molecule has 2 aromatic carbocycles. The van der Waals surface area contributed by atoms with Crippen molar-refractivity contribution in [2.75, 3.05) is 20.8 Å². The minimum Gasteiger partial charge on any atom is -0.497 e. The van der Waals surface area contributed by atoms with E-state index in [0.29, 0.717) is 6.61 Å². The molecule has 0 radical (unpaired) electrons. The van der Waals surface area contributed by atoms with Gasteiger partial charge in [0, 0.05) is 7.11 Å². The third-order valence-electron chi connectivity index (χ3n) is 4.92. The van der Waals surface area contributed by atoms with E-state index in [9.17, 15) is 10.2 Å². The summed E-state index contributed by atoms with van der Waals surface area (Å²) in [5.74, 6) is 0.759. The second-order valence-corrected chi connectivity index (χ2v) is 6.84. The fourth-order valence-corrected chi connectivity index (χ4v) is 3.28. The zero-order valence-electron chi connectivity index (χ0n) is 16.6. The summed E-state index contributed by atoms with van der Waals surface area (Å²) in [6, 6.07) is 17.2. The minimum absolute atomic E-state index is 0.277. The SMILES string of the molecule is COc1ccc(COC2[C@H](OC)OC(CO)[C@H](O)[C@@H]2OCc2ccccc2)cc1. The van der Waals surface area contributed by atoms with Crippen LogP contribution in [0.2, 0.25) is 0 Å². The van der Waals surface area contributed by atoms with E-state index in [1.807, 2.05) is 54.6 Å². The molecule has 0 spiro atoms. The first-order valence-corrected chi connectivity index (χ1v) is 9.53. The van der Waals surface area contributed by atoms with Crippen LogP contribution in [0.25, 0.3) is 0 Å². The molecular weight excluding hydrogens is 376 g/mol. The number of hydrogen-bond acceptors (Lipinski definition) is 7. The lowest BCUT2D eigenvalue weighted by Crippen LogP contribution is -2.60. The average Bonchev–Trinajstić information content (AvgIpc) is 2.78. The van der Waals surface area contributed by atoms with Gasteiger partial charge >= 0.3 is 0 Å². The molecular formula is C22H28O7. The summed E-state index contributed by atoms with van der Waals surface area (Å²) >= 11 is 0. The third-order valence-corrected chi connectivity index (χ3v) is 4.92. The van der Waals surface area contributed by atoms with E-state index < -0.39 is 30.7 Å². The van der Waals surface area contributed by atoms with Gasteiger partial charge in [0.1, 0.15) is 30.2 Å². The largest absolute Gasteiger partial charge is 0.497 e. The van der Waals surface area contributed by atoms with E-state index in [0.717, 1.165) is 16.9 Å². The molecule has 1 aliphatic rings. The average molecular weight is 404 g/mol. The highest BCUT2D eigenvalue weighted by Crippen LogP contribution is 2.28. The lowest BCUT2D eigenvalue weighted by Gasteiger charge is -2.43. The van der Waals surface area contributed by atoms with E-state index in [1.54, 1.807) is 7.11 Å². The monoisotopic (exact) mass is 404 g/mol. The van der Waals surface area contributed by atoms with Crippen molar-refractivity contribution in [2.24, 2.45) is 0 Å². The fourth-order valence-electron chi connectivity index (χ4n) is 3.28. The summed E-state index contributed by atoms with van der Waals surface area (Å²) in [5, 5.41) is 20.3. The van der Waals surface area contributed by atoms with Gasteiger partial charge in [-0.05, 0) is 23.3 Å². The maximum absolute atomic E-state index is 10.7. The summed E-state index contributed by atoms with van der Waals surface area (Å²) in [6.45, 7) is 0.219. The Morgan fingerprint density at radius 3 is 2.07 bits per heavy atom. The van der Waals surface area contributed by atoms with Crippen molar-refractivity contribution >= 4 is 0 Å². The van der Waals surface area contributed by atoms with Crippen LogP contribution < -0.4 is 4.74 Å². The summed E-state index contributed by atoms with van der Waals surface area (Å²) < 4.78 is 28.3. The molecule has 1 heterocycles. The number of benzene rings is 2. The summed E-state index contributed by atoms with van der Waals surface area (Å²) in [5.41, 5.74) is 1.90. The van der Waals surface area contributed by atoms with Crippen LogP contribution in [-0.4, -0.2) is 61.7 Å². The van der Waals surface area contributed by atoms with E-state index in [1.165, 1.54) is 7.11 Å². The predicted octanol–water partition coefficient (Wildman–Crippen LogP) is 1.89. The molecule has 3 rings (SSSR count). The molecule has 2 unspecified atom stereocenters. The number of methoxy groups -OCH3 is 2. The second kappa shape index (κ2) is 10.7. The molecule has 1 fully saturated rings. The van der Waals surface area contributed by atoms with Crippen LogP contribution in [0.15, 0.2) is 54.6 Å². The van der Waals surface area contributed by atoms with E-state index in [2.05, 4.69) is 0 Å². The molecule has 2 aromatic rings. The lowest BCUT2D eigenvalue weighted by atomic mass is 9.98. The zero-order valence-corrected chi connectivity index (χ0v) is 16.6. The number of aliphatic hydroxyl groups excluding tert-OH is 2. The highest BCUT2D eigenvalue weighted by Gasteiger charge is 2.47. The molecule has 7 nitrogen and oxygen atoms in total. The highest BCUT2D eigenvalue weighted by atomic mass is 16.7. The standard InChI is InChI=1S/C22H28O7/c1-25-17-10-8-16(9-11-17)14-28-21-20(27-13-15-6-4-3-5-7-15)19(24)18(12-23)29-22(21)26-2/h3-11,18-24H,12-14H2,1-2H3/t18?,19-,20-,21?,22+/m0/s1. The normalized spacial score (nSPS) is 27.0. The second-order valence-electron chi connectivity index (χ2n) is 6.84. The van der Waals surface area contributed by atoms with Gasteiger partial charge < -0.3 is 33.9 Å². The van der Waals surface area contributed by atoms with Crippen molar-refractivity contribution < 1.29 is 33.9 Å². The Balaban J connectivity index is 1.72. The molecule has 1 aliphatic heterocycles. The van der Waals surface area contributed by atoms with Crippen LogP contribution in [0.4, 0.5) is 0 Å². The molecule has 7 heteroatoms. The molecule has 5 atom stereocenters. The maximum Gasteiger partial charge on any atom is 0.186 e. The molecule has 0 aromatic heterocycles. The first kappa shape index (κ1) is 21.7. The van der Waals surface area contributed by atoms with Gasteiger partial charge in [-0.3, -0.25) is 0 Å². The van der Waals surface area contributed by atoms with Crippen LogP contribution in [0, 0.1) is 0 Å². The Morgan fingerprint density at radius 2 is 1.48 bits per heavy atom. The van der Waals surface area contributed by atoms with E-state index in [-0.39, 0.29) is 13.2 Å². The predicted molar refractivity (Wildman–Crippen MR) is 105 cm³/mol. The Kier molecular flexibility index (Phi) is 8.00. The van der Waals surface area contributed by atoms with Crippen molar-refractivity contribution in [3.63, 3.8) is 0 Å².